The SMILES string of the molecule is CNc1cnc2[nH]ccc2c1N(C=O)Cc1ccc(F)c(F)c1. The monoisotopic (exact) mass is 316 g/mol. The summed E-state index contributed by atoms with van der Waals surface area (Å²) in [4.78, 5) is 20.3. The van der Waals surface area contributed by atoms with Gasteiger partial charge in [-0.15, -0.1) is 0 Å². The third kappa shape index (κ3) is 2.73. The molecule has 5 nitrogen and oxygen atoms in total. The Morgan fingerprint density at radius 1 is 1.30 bits per heavy atom. The Morgan fingerprint density at radius 2 is 2.13 bits per heavy atom. The second-order valence-electron chi connectivity index (χ2n) is 4.99. The van der Waals surface area contributed by atoms with E-state index in [4.69, 9.17) is 0 Å². The van der Waals surface area contributed by atoms with Gasteiger partial charge in [0.2, 0.25) is 6.41 Å². The van der Waals surface area contributed by atoms with E-state index in [0.29, 0.717) is 29.0 Å². The molecule has 0 saturated heterocycles. The maximum atomic E-state index is 13.4. The molecule has 3 rings (SSSR count). The molecule has 2 aromatic heterocycles. The number of hydrogen-bond acceptors (Lipinski definition) is 3. The zero-order valence-corrected chi connectivity index (χ0v) is 12.3. The minimum absolute atomic E-state index is 0.111. The molecule has 0 atom stereocenters. The Balaban J connectivity index is 2.05. The lowest BCUT2D eigenvalue weighted by atomic mass is 10.1. The smallest absolute Gasteiger partial charge is 0.214 e. The van der Waals surface area contributed by atoms with Crippen molar-refractivity contribution in [3.8, 4) is 0 Å². The lowest BCUT2D eigenvalue weighted by Crippen LogP contribution is -2.22. The fourth-order valence-corrected chi connectivity index (χ4v) is 2.49. The first-order valence-electron chi connectivity index (χ1n) is 6.93. The summed E-state index contributed by atoms with van der Waals surface area (Å²) in [6, 6.07) is 5.38. The molecule has 0 bridgehead atoms. The number of amides is 1. The number of aromatic amines is 1. The van der Waals surface area contributed by atoms with Crippen molar-refractivity contribution in [3.63, 3.8) is 0 Å². The van der Waals surface area contributed by atoms with Gasteiger partial charge in [0.15, 0.2) is 11.6 Å². The predicted octanol–water partition coefficient (Wildman–Crippen LogP) is 3.05. The van der Waals surface area contributed by atoms with Gasteiger partial charge in [-0.05, 0) is 23.8 Å². The van der Waals surface area contributed by atoms with Crippen LogP contribution in [0.15, 0.2) is 36.7 Å². The topological polar surface area (TPSA) is 61.0 Å². The Hall–Kier alpha value is -2.96. The van der Waals surface area contributed by atoms with E-state index in [2.05, 4.69) is 15.3 Å². The third-order valence-electron chi connectivity index (χ3n) is 3.58. The van der Waals surface area contributed by atoms with Gasteiger partial charge in [-0.25, -0.2) is 13.8 Å². The minimum atomic E-state index is -0.941. The molecule has 0 unspecified atom stereocenters. The molecule has 1 aromatic carbocycles. The largest absolute Gasteiger partial charge is 0.385 e. The number of carbonyl (C=O) groups is 1. The normalized spacial score (nSPS) is 10.7. The average Bonchev–Trinajstić information content (AvgIpc) is 3.03. The fraction of sp³-hybridized carbons (Fsp3) is 0.125. The third-order valence-corrected chi connectivity index (χ3v) is 3.58. The summed E-state index contributed by atoms with van der Waals surface area (Å²) in [5.41, 5.74) is 2.40. The van der Waals surface area contributed by atoms with Crippen LogP contribution in [0.4, 0.5) is 20.2 Å². The molecule has 0 spiro atoms. The highest BCUT2D eigenvalue weighted by molar-refractivity contribution is 6.01. The first kappa shape index (κ1) is 15.0. The van der Waals surface area contributed by atoms with Crippen LogP contribution in [0, 0.1) is 11.6 Å². The summed E-state index contributed by atoms with van der Waals surface area (Å²) in [5.74, 6) is -1.86. The molecular formula is C16H14F2N4O. The first-order chi connectivity index (χ1) is 11.1. The summed E-state index contributed by atoms with van der Waals surface area (Å²) in [6.07, 6.45) is 3.99. The fourth-order valence-electron chi connectivity index (χ4n) is 2.49. The van der Waals surface area contributed by atoms with Gasteiger partial charge in [0.1, 0.15) is 5.65 Å². The van der Waals surface area contributed by atoms with Crippen molar-refractivity contribution in [1.82, 2.24) is 9.97 Å². The average molecular weight is 316 g/mol. The molecule has 0 saturated carbocycles. The van der Waals surface area contributed by atoms with E-state index in [1.54, 1.807) is 25.5 Å². The van der Waals surface area contributed by atoms with Crippen molar-refractivity contribution in [2.24, 2.45) is 0 Å². The molecule has 0 fully saturated rings. The number of carbonyl (C=O) groups excluding carboxylic acids is 1. The number of nitrogens with one attached hydrogen (secondary N) is 2. The highest BCUT2D eigenvalue weighted by atomic mass is 19.2. The highest BCUT2D eigenvalue weighted by Crippen LogP contribution is 2.33. The van der Waals surface area contributed by atoms with Gasteiger partial charge >= 0.3 is 0 Å². The van der Waals surface area contributed by atoms with Crippen LogP contribution in [0.1, 0.15) is 5.56 Å². The molecular weight excluding hydrogens is 302 g/mol. The number of H-pyrrole nitrogens is 1. The molecule has 23 heavy (non-hydrogen) atoms. The molecule has 0 radical (unpaired) electrons. The van der Waals surface area contributed by atoms with E-state index in [1.165, 1.54) is 11.0 Å². The van der Waals surface area contributed by atoms with Gasteiger partial charge in [0.05, 0.1) is 24.1 Å². The van der Waals surface area contributed by atoms with Crippen LogP contribution >= 0.6 is 0 Å². The lowest BCUT2D eigenvalue weighted by Gasteiger charge is -2.21. The number of rotatable bonds is 5. The standard InChI is InChI=1S/C16H14F2N4O/c1-19-14-7-21-16-11(4-5-20-16)15(14)22(9-23)8-10-2-3-12(17)13(18)6-10/h2-7,9,19H,8H2,1H3,(H,20,21). The molecule has 1 amide bonds. The molecule has 0 aliphatic rings. The zero-order valence-electron chi connectivity index (χ0n) is 12.3. The van der Waals surface area contributed by atoms with Gasteiger partial charge in [0, 0.05) is 18.6 Å². The second-order valence-corrected chi connectivity index (χ2v) is 4.99. The maximum Gasteiger partial charge on any atom is 0.214 e. The maximum absolute atomic E-state index is 13.4. The van der Waals surface area contributed by atoms with Crippen LogP contribution in [-0.4, -0.2) is 23.4 Å². The Kier molecular flexibility index (Phi) is 3.92. The van der Waals surface area contributed by atoms with Crippen molar-refractivity contribution in [2.75, 3.05) is 17.3 Å². The number of hydrogen-bond donors (Lipinski definition) is 2. The van der Waals surface area contributed by atoms with Crippen LogP contribution in [0.25, 0.3) is 11.0 Å². The molecule has 0 aliphatic carbocycles. The summed E-state index contributed by atoms with van der Waals surface area (Å²) < 4.78 is 26.4. The van der Waals surface area contributed by atoms with Crippen molar-refractivity contribution < 1.29 is 13.6 Å². The number of pyridine rings is 1. The number of benzene rings is 1. The Labute approximate surface area is 130 Å². The number of nitrogens with zero attached hydrogens (tertiary/aromatic N) is 2. The number of halogens is 2. The van der Waals surface area contributed by atoms with Gasteiger partial charge in [-0.2, -0.15) is 0 Å². The summed E-state index contributed by atoms with van der Waals surface area (Å²) in [6.45, 7) is 0.111. The van der Waals surface area contributed by atoms with E-state index in [1.807, 2.05) is 0 Å². The summed E-state index contributed by atoms with van der Waals surface area (Å²) in [5, 5.41) is 3.74. The van der Waals surface area contributed by atoms with E-state index in [0.717, 1.165) is 17.5 Å². The van der Waals surface area contributed by atoms with E-state index >= 15 is 0 Å². The van der Waals surface area contributed by atoms with Gasteiger partial charge < -0.3 is 15.2 Å². The van der Waals surface area contributed by atoms with E-state index in [-0.39, 0.29) is 6.54 Å². The molecule has 3 aromatic rings. The summed E-state index contributed by atoms with van der Waals surface area (Å²) >= 11 is 0. The van der Waals surface area contributed by atoms with Crippen LogP contribution in [0.2, 0.25) is 0 Å². The highest BCUT2D eigenvalue weighted by Gasteiger charge is 2.17. The molecule has 118 valence electrons. The Bertz CT molecular complexity index is 862. The quantitative estimate of drug-likeness (QED) is 0.711. The van der Waals surface area contributed by atoms with Crippen molar-refractivity contribution in [1.29, 1.82) is 0 Å². The van der Waals surface area contributed by atoms with Crippen LogP contribution in [0.5, 0.6) is 0 Å². The number of anilines is 2. The van der Waals surface area contributed by atoms with Crippen LogP contribution in [-0.2, 0) is 11.3 Å². The van der Waals surface area contributed by atoms with Crippen molar-refractivity contribution in [2.45, 2.75) is 6.54 Å². The Morgan fingerprint density at radius 3 is 2.83 bits per heavy atom. The number of fused-ring (bicyclic) bond motifs is 1. The van der Waals surface area contributed by atoms with Crippen LogP contribution < -0.4 is 10.2 Å². The molecule has 0 aliphatic heterocycles. The molecule has 2 N–H and O–H groups in total. The second kappa shape index (κ2) is 6.04. The van der Waals surface area contributed by atoms with Crippen molar-refractivity contribution >= 4 is 28.8 Å². The summed E-state index contributed by atoms with van der Waals surface area (Å²) in [7, 11) is 1.72. The predicted molar refractivity (Wildman–Crippen MR) is 84.2 cm³/mol. The van der Waals surface area contributed by atoms with Crippen molar-refractivity contribution in [3.05, 3.63) is 53.9 Å². The first-order valence-corrected chi connectivity index (χ1v) is 6.93. The van der Waals surface area contributed by atoms with Gasteiger partial charge in [-0.1, -0.05) is 6.07 Å². The van der Waals surface area contributed by atoms with Gasteiger partial charge in [0.25, 0.3) is 0 Å². The molecule has 7 heteroatoms. The van der Waals surface area contributed by atoms with Crippen LogP contribution in [0.3, 0.4) is 0 Å². The lowest BCUT2D eigenvalue weighted by molar-refractivity contribution is -0.107. The molecule has 2 heterocycles. The number of aromatic nitrogens is 2. The van der Waals surface area contributed by atoms with Gasteiger partial charge in [-0.3, -0.25) is 4.79 Å². The van der Waals surface area contributed by atoms with E-state index < -0.39 is 11.6 Å². The van der Waals surface area contributed by atoms with E-state index in [9.17, 15) is 13.6 Å². The zero-order chi connectivity index (χ0) is 16.4. The minimum Gasteiger partial charge on any atom is -0.385 e.